The van der Waals surface area contributed by atoms with Crippen molar-refractivity contribution in [3.63, 3.8) is 0 Å². The molecular formula is C18H19BrFN3O6. The number of nitrogens with zero attached hydrogens (tertiary/aromatic N) is 3. The molecule has 2 aliphatic heterocycles. The van der Waals surface area contributed by atoms with Gasteiger partial charge in [0.2, 0.25) is 5.82 Å². The Labute approximate surface area is 174 Å². The smallest absolute Gasteiger partial charge is 0.410 e. The van der Waals surface area contributed by atoms with Crippen molar-refractivity contribution in [2.45, 2.75) is 26.4 Å². The van der Waals surface area contributed by atoms with Gasteiger partial charge in [0.15, 0.2) is 0 Å². The molecule has 156 valence electrons. The number of benzene rings is 1. The lowest BCUT2D eigenvalue weighted by Crippen LogP contribution is -2.51. The van der Waals surface area contributed by atoms with Crippen molar-refractivity contribution in [1.82, 2.24) is 9.80 Å². The SMILES string of the molecule is CC(C)(C)OC(=O)N1CCN2C(=O)c3c(cc(Br)c([N+](=O)[O-])c3F)OC/C=C\2C1. The molecule has 2 aliphatic rings. The summed E-state index contributed by atoms with van der Waals surface area (Å²) in [6.07, 6.45) is 1.09. The lowest BCUT2D eigenvalue weighted by atomic mass is 10.1. The van der Waals surface area contributed by atoms with E-state index >= 15 is 0 Å². The summed E-state index contributed by atoms with van der Waals surface area (Å²) in [4.78, 5) is 38.4. The fourth-order valence-electron chi connectivity index (χ4n) is 3.04. The van der Waals surface area contributed by atoms with E-state index in [0.717, 1.165) is 0 Å². The molecule has 9 nitrogen and oxygen atoms in total. The predicted molar refractivity (Wildman–Crippen MR) is 103 cm³/mol. The lowest BCUT2D eigenvalue weighted by molar-refractivity contribution is -0.388. The zero-order chi connectivity index (χ0) is 21.5. The van der Waals surface area contributed by atoms with Crippen LogP contribution in [-0.2, 0) is 4.74 Å². The largest absolute Gasteiger partial charge is 0.488 e. The highest BCUT2D eigenvalue weighted by molar-refractivity contribution is 9.10. The average Bonchev–Trinajstić information content (AvgIpc) is 2.58. The molecule has 0 unspecified atom stereocenters. The first-order valence-corrected chi connectivity index (χ1v) is 9.57. The van der Waals surface area contributed by atoms with Gasteiger partial charge in [0, 0.05) is 24.9 Å². The molecule has 1 saturated heterocycles. The topological polar surface area (TPSA) is 102 Å². The molecule has 29 heavy (non-hydrogen) atoms. The third kappa shape index (κ3) is 4.19. The minimum Gasteiger partial charge on any atom is -0.488 e. The molecule has 0 spiro atoms. The number of fused-ring (bicyclic) bond motifs is 2. The molecule has 11 heteroatoms. The number of piperazine rings is 1. The van der Waals surface area contributed by atoms with E-state index in [9.17, 15) is 24.1 Å². The van der Waals surface area contributed by atoms with E-state index < -0.39 is 39.6 Å². The fourth-order valence-corrected chi connectivity index (χ4v) is 3.57. The van der Waals surface area contributed by atoms with Crippen molar-refractivity contribution in [2.75, 3.05) is 26.2 Å². The maximum Gasteiger partial charge on any atom is 0.410 e. The number of carbonyl (C=O) groups is 2. The van der Waals surface area contributed by atoms with Crippen LogP contribution in [-0.4, -0.2) is 58.6 Å². The molecule has 0 N–H and O–H groups in total. The van der Waals surface area contributed by atoms with E-state index in [4.69, 9.17) is 9.47 Å². The fraction of sp³-hybridized carbons (Fsp3) is 0.444. The Morgan fingerprint density at radius 1 is 1.38 bits per heavy atom. The van der Waals surface area contributed by atoms with Gasteiger partial charge >= 0.3 is 11.8 Å². The molecule has 0 atom stereocenters. The van der Waals surface area contributed by atoms with Crippen LogP contribution in [0.4, 0.5) is 14.9 Å². The minimum atomic E-state index is -1.26. The first-order chi connectivity index (χ1) is 13.5. The second kappa shape index (κ2) is 7.62. The molecule has 1 aromatic carbocycles. The third-order valence-electron chi connectivity index (χ3n) is 4.30. The van der Waals surface area contributed by atoms with E-state index in [0.29, 0.717) is 5.70 Å². The van der Waals surface area contributed by atoms with Crippen LogP contribution < -0.4 is 4.74 Å². The van der Waals surface area contributed by atoms with Gasteiger partial charge in [-0.05, 0) is 42.8 Å². The predicted octanol–water partition coefficient (Wildman–Crippen LogP) is 3.47. The van der Waals surface area contributed by atoms with Crippen LogP contribution in [0.2, 0.25) is 0 Å². The Morgan fingerprint density at radius 2 is 2.07 bits per heavy atom. The summed E-state index contributed by atoms with van der Waals surface area (Å²) < 4.78 is 25.6. The summed E-state index contributed by atoms with van der Waals surface area (Å²) in [7, 11) is 0. The van der Waals surface area contributed by atoms with Crippen LogP contribution in [0.15, 0.2) is 22.3 Å². The maximum absolute atomic E-state index is 14.9. The van der Waals surface area contributed by atoms with Crippen LogP contribution >= 0.6 is 15.9 Å². The number of rotatable bonds is 1. The van der Waals surface area contributed by atoms with Gasteiger partial charge in [0.25, 0.3) is 5.91 Å². The average molecular weight is 472 g/mol. The molecule has 0 saturated carbocycles. The Bertz CT molecular complexity index is 927. The van der Waals surface area contributed by atoms with Crippen LogP contribution in [0, 0.1) is 15.9 Å². The van der Waals surface area contributed by atoms with E-state index in [2.05, 4.69) is 15.9 Å². The third-order valence-corrected chi connectivity index (χ3v) is 4.91. The normalized spacial score (nSPS) is 18.5. The van der Waals surface area contributed by atoms with E-state index in [1.807, 2.05) is 0 Å². The quantitative estimate of drug-likeness (QED) is 0.458. The number of ether oxygens (including phenoxy) is 2. The van der Waals surface area contributed by atoms with Crippen molar-refractivity contribution in [3.05, 3.63) is 43.8 Å². The number of hydrogen-bond acceptors (Lipinski definition) is 6. The van der Waals surface area contributed by atoms with Crippen molar-refractivity contribution in [2.24, 2.45) is 0 Å². The number of hydrogen-bond donors (Lipinski definition) is 0. The monoisotopic (exact) mass is 471 g/mol. The molecule has 2 amide bonds. The van der Waals surface area contributed by atoms with Crippen LogP contribution in [0.3, 0.4) is 0 Å². The molecule has 1 fully saturated rings. The summed E-state index contributed by atoms with van der Waals surface area (Å²) in [5.41, 5.74) is -1.57. The zero-order valence-electron chi connectivity index (χ0n) is 16.0. The Morgan fingerprint density at radius 3 is 2.69 bits per heavy atom. The zero-order valence-corrected chi connectivity index (χ0v) is 17.6. The molecular weight excluding hydrogens is 453 g/mol. The molecule has 1 aromatic rings. The highest BCUT2D eigenvalue weighted by Crippen LogP contribution is 2.38. The second-order valence-corrected chi connectivity index (χ2v) is 8.37. The van der Waals surface area contributed by atoms with Gasteiger partial charge in [-0.1, -0.05) is 0 Å². The highest BCUT2D eigenvalue weighted by Gasteiger charge is 2.37. The van der Waals surface area contributed by atoms with Crippen LogP contribution in [0.1, 0.15) is 31.1 Å². The molecule has 3 rings (SSSR count). The molecule has 0 aliphatic carbocycles. The van der Waals surface area contributed by atoms with Crippen LogP contribution in [0.25, 0.3) is 0 Å². The van der Waals surface area contributed by atoms with Crippen molar-refractivity contribution in [3.8, 4) is 5.75 Å². The summed E-state index contributed by atoms with van der Waals surface area (Å²) in [5.74, 6) is -2.11. The first-order valence-electron chi connectivity index (χ1n) is 8.77. The highest BCUT2D eigenvalue weighted by atomic mass is 79.9. The maximum atomic E-state index is 14.9. The summed E-state index contributed by atoms with van der Waals surface area (Å²) in [5, 5.41) is 11.2. The lowest BCUT2D eigenvalue weighted by Gasteiger charge is -2.38. The van der Waals surface area contributed by atoms with Gasteiger partial charge in [0.1, 0.15) is 28.0 Å². The molecule has 2 heterocycles. The van der Waals surface area contributed by atoms with Crippen molar-refractivity contribution in [1.29, 1.82) is 0 Å². The Balaban J connectivity index is 1.92. The number of amides is 2. The van der Waals surface area contributed by atoms with Crippen molar-refractivity contribution < 1.29 is 28.4 Å². The van der Waals surface area contributed by atoms with E-state index in [1.54, 1.807) is 26.8 Å². The molecule has 0 bridgehead atoms. The number of carbonyl (C=O) groups excluding carboxylic acids is 2. The second-order valence-electron chi connectivity index (χ2n) is 7.52. The van der Waals surface area contributed by atoms with Gasteiger partial charge < -0.3 is 19.3 Å². The Kier molecular flexibility index (Phi) is 5.52. The minimum absolute atomic E-state index is 0.00202. The summed E-state index contributed by atoms with van der Waals surface area (Å²) in [6.45, 7) is 5.58. The number of nitro groups is 1. The number of nitro benzene ring substituents is 1. The number of halogens is 2. The molecule has 0 radical (unpaired) electrons. The summed E-state index contributed by atoms with van der Waals surface area (Å²) in [6, 6.07) is 1.21. The van der Waals surface area contributed by atoms with Gasteiger partial charge in [0.05, 0.1) is 11.5 Å². The van der Waals surface area contributed by atoms with E-state index in [-0.39, 0.29) is 36.5 Å². The van der Waals surface area contributed by atoms with Gasteiger partial charge in [-0.15, -0.1) is 0 Å². The van der Waals surface area contributed by atoms with Gasteiger partial charge in [-0.25, -0.2) is 4.79 Å². The van der Waals surface area contributed by atoms with E-state index in [1.165, 1.54) is 15.9 Å². The van der Waals surface area contributed by atoms with Crippen molar-refractivity contribution >= 4 is 33.6 Å². The molecule has 0 aromatic heterocycles. The summed E-state index contributed by atoms with van der Waals surface area (Å²) >= 11 is 2.95. The Hall–Kier alpha value is -2.69. The first kappa shape index (κ1) is 21.0. The standard InChI is InChI=1S/C18H19BrFN3O6/c1-18(2,3)29-17(25)21-5-6-22-10(9-21)4-7-28-12-8-11(19)15(23(26)27)14(20)13(12)16(22)24/h4,8H,5-7,9H2,1-3H3/b10-4-. The van der Waals surface area contributed by atoms with Crippen LogP contribution in [0.5, 0.6) is 5.75 Å². The van der Waals surface area contributed by atoms with Gasteiger partial charge in [-0.3, -0.25) is 14.9 Å². The van der Waals surface area contributed by atoms with Gasteiger partial charge in [-0.2, -0.15) is 4.39 Å².